The monoisotopic (exact) mass is 961 g/mol. The number of phosphoric ester groups is 1. The standard InChI is InChI=1S/C59H97N2O6P/c1-6-8-10-12-13-14-15-16-17-18-19-20-21-22-23-24-25-26-27-28-29-30-31-32-33-34-35-36-37-38-39-40-41-42-43-44-45-46-47-49-51-53-59(63)60-57(58(62)52-50-48-11-9-7-2)56-67-68(64,65)66-55-54-61(3,4)5/h8,10,13-14,16-17,19-20,22-23,25-26,28-29,31-32,34-35,37-38,40-41,43-44,57-58,62H,6-7,9,11-12,15,18,21,24,27,30,33,36,39,42,45-56H2,1-5H3,(H-,60,63,64,65)/b10-8-,14-13-,17-16-,20-19-,23-22-,26-25-,29-28-,32-31-,35-34-,38-37-,41-40-,44-43-. The summed E-state index contributed by atoms with van der Waals surface area (Å²) in [6, 6.07) is -0.821. The maximum absolute atomic E-state index is 12.8. The predicted octanol–water partition coefficient (Wildman–Crippen LogP) is 15.1. The number of allylic oxidation sites excluding steroid dienone is 24. The fourth-order valence-electron chi connectivity index (χ4n) is 6.49. The molecule has 3 atom stereocenters. The van der Waals surface area contributed by atoms with E-state index >= 15 is 0 Å². The summed E-state index contributed by atoms with van der Waals surface area (Å²) in [6.45, 7) is 4.45. The molecule has 8 nitrogen and oxygen atoms in total. The maximum atomic E-state index is 12.8. The number of likely N-dealkylation sites (N-methyl/N-ethyl adjacent to an activating group) is 1. The highest BCUT2D eigenvalue weighted by atomic mass is 31.2. The molecule has 3 unspecified atom stereocenters. The first-order valence-electron chi connectivity index (χ1n) is 26.2. The van der Waals surface area contributed by atoms with Gasteiger partial charge in [-0.05, 0) is 103 Å². The number of phosphoric acid groups is 1. The number of hydrogen-bond donors (Lipinski definition) is 2. The van der Waals surface area contributed by atoms with Crippen molar-refractivity contribution in [2.24, 2.45) is 0 Å². The lowest BCUT2D eigenvalue weighted by molar-refractivity contribution is -0.870. The summed E-state index contributed by atoms with van der Waals surface area (Å²) in [5.41, 5.74) is 0. The van der Waals surface area contributed by atoms with Crippen molar-refractivity contribution in [3.05, 3.63) is 146 Å². The van der Waals surface area contributed by atoms with Gasteiger partial charge in [0.05, 0.1) is 39.9 Å². The molecule has 0 fully saturated rings. The minimum Gasteiger partial charge on any atom is -0.756 e. The fraction of sp³-hybridized carbons (Fsp3) is 0.576. The third-order valence-corrected chi connectivity index (χ3v) is 11.6. The van der Waals surface area contributed by atoms with Gasteiger partial charge in [-0.15, -0.1) is 0 Å². The van der Waals surface area contributed by atoms with Gasteiger partial charge in [-0.2, -0.15) is 0 Å². The van der Waals surface area contributed by atoms with Crippen molar-refractivity contribution >= 4 is 13.7 Å². The molecule has 0 rings (SSSR count). The van der Waals surface area contributed by atoms with Crippen molar-refractivity contribution < 1.29 is 32.9 Å². The molecule has 0 aliphatic rings. The van der Waals surface area contributed by atoms with Crippen LogP contribution in [-0.2, 0) is 18.4 Å². The van der Waals surface area contributed by atoms with Crippen molar-refractivity contribution in [2.75, 3.05) is 40.9 Å². The Balaban J connectivity index is 4.03. The van der Waals surface area contributed by atoms with Gasteiger partial charge in [0.1, 0.15) is 13.2 Å². The van der Waals surface area contributed by atoms with Crippen molar-refractivity contribution in [3.8, 4) is 0 Å². The summed E-state index contributed by atoms with van der Waals surface area (Å²) < 4.78 is 23.1. The lowest BCUT2D eigenvalue weighted by atomic mass is 10.0. The zero-order valence-corrected chi connectivity index (χ0v) is 44.4. The summed E-state index contributed by atoms with van der Waals surface area (Å²) in [7, 11) is 1.26. The lowest BCUT2D eigenvalue weighted by Gasteiger charge is -2.30. The third kappa shape index (κ3) is 50.3. The molecule has 0 heterocycles. The minimum atomic E-state index is -4.57. The third-order valence-electron chi connectivity index (χ3n) is 10.6. The molecule has 0 aromatic rings. The summed E-state index contributed by atoms with van der Waals surface area (Å²) in [5.74, 6) is -0.204. The first-order valence-corrected chi connectivity index (χ1v) is 27.6. The van der Waals surface area contributed by atoms with Crippen LogP contribution < -0.4 is 10.2 Å². The van der Waals surface area contributed by atoms with Crippen LogP contribution in [0.5, 0.6) is 0 Å². The van der Waals surface area contributed by atoms with E-state index in [0.717, 1.165) is 141 Å². The highest BCUT2D eigenvalue weighted by molar-refractivity contribution is 7.45. The van der Waals surface area contributed by atoms with E-state index < -0.39 is 20.0 Å². The van der Waals surface area contributed by atoms with E-state index in [1.165, 1.54) is 0 Å². The number of hydrogen-bond acceptors (Lipinski definition) is 6. The zero-order chi connectivity index (χ0) is 49.9. The molecule has 2 N–H and O–H groups in total. The van der Waals surface area contributed by atoms with Crippen molar-refractivity contribution in [1.82, 2.24) is 5.32 Å². The van der Waals surface area contributed by atoms with Crippen molar-refractivity contribution in [1.29, 1.82) is 0 Å². The molecule has 0 aromatic heterocycles. The molecule has 0 spiro atoms. The number of aliphatic hydroxyl groups is 1. The predicted molar refractivity (Wildman–Crippen MR) is 292 cm³/mol. The molecule has 0 bridgehead atoms. The van der Waals surface area contributed by atoms with Crippen LogP contribution in [-0.4, -0.2) is 68.5 Å². The number of amides is 1. The van der Waals surface area contributed by atoms with Gasteiger partial charge in [-0.25, -0.2) is 0 Å². The second kappa shape index (κ2) is 48.4. The van der Waals surface area contributed by atoms with Crippen LogP contribution in [0.3, 0.4) is 0 Å². The van der Waals surface area contributed by atoms with Gasteiger partial charge in [0, 0.05) is 6.42 Å². The topological polar surface area (TPSA) is 108 Å². The number of nitrogens with zero attached hydrogens (tertiary/aromatic N) is 1. The number of rotatable bonds is 45. The van der Waals surface area contributed by atoms with E-state index in [1.807, 2.05) is 21.1 Å². The number of nitrogens with one attached hydrogen (secondary N) is 1. The van der Waals surface area contributed by atoms with Crippen LogP contribution >= 0.6 is 7.82 Å². The fourth-order valence-corrected chi connectivity index (χ4v) is 7.21. The van der Waals surface area contributed by atoms with Crippen LogP contribution in [0, 0.1) is 0 Å². The summed E-state index contributed by atoms with van der Waals surface area (Å²) >= 11 is 0. The van der Waals surface area contributed by atoms with E-state index in [4.69, 9.17) is 9.05 Å². The lowest BCUT2D eigenvalue weighted by Crippen LogP contribution is -2.46. The zero-order valence-electron chi connectivity index (χ0n) is 43.5. The highest BCUT2D eigenvalue weighted by Crippen LogP contribution is 2.38. The van der Waals surface area contributed by atoms with E-state index in [1.54, 1.807) is 0 Å². The quantitative estimate of drug-likeness (QED) is 0.0272. The Bertz CT molecular complexity index is 1610. The Labute approximate surface area is 417 Å². The smallest absolute Gasteiger partial charge is 0.268 e. The van der Waals surface area contributed by atoms with Gasteiger partial charge in [-0.3, -0.25) is 9.36 Å². The molecule has 0 saturated heterocycles. The Kier molecular flexibility index (Phi) is 45.8. The Morgan fingerprint density at radius 2 is 0.897 bits per heavy atom. The van der Waals surface area contributed by atoms with Gasteiger partial charge >= 0.3 is 0 Å². The largest absolute Gasteiger partial charge is 0.756 e. The summed E-state index contributed by atoms with van der Waals surface area (Å²) in [4.78, 5) is 25.2. The van der Waals surface area contributed by atoms with Gasteiger partial charge < -0.3 is 28.8 Å². The maximum Gasteiger partial charge on any atom is 0.268 e. The Hall–Kier alpha value is -3.62. The van der Waals surface area contributed by atoms with Crippen LogP contribution in [0.15, 0.2) is 146 Å². The summed E-state index contributed by atoms with van der Waals surface area (Å²) in [5, 5.41) is 13.7. The van der Waals surface area contributed by atoms with Crippen molar-refractivity contribution in [2.45, 2.75) is 180 Å². The van der Waals surface area contributed by atoms with E-state index in [-0.39, 0.29) is 19.1 Å². The number of quaternary nitrogens is 1. The second-order valence-corrected chi connectivity index (χ2v) is 19.6. The van der Waals surface area contributed by atoms with Gasteiger partial charge in [0.15, 0.2) is 0 Å². The number of carbonyl (C=O) groups excluding carboxylic acids is 1. The average Bonchev–Trinajstić information content (AvgIpc) is 3.30. The second-order valence-electron chi connectivity index (χ2n) is 18.1. The van der Waals surface area contributed by atoms with E-state index in [0.29, 0.717) is 23.9 Å². The Morgan fingerprint density at radius 3 is 1.29 bits per heavy atom. The van der Waals surface area contributed by atoms with Gasteiger partial charge in [-0.1, -0.05) is 205 Å². The van der Waals surface area contributed by atoms with Gasteiger partial charge in [0.2, 0.25) is 5.91 Å². The molecule has 1 amide bonds. The molecule has 0 aliphatic heterocycles. The van der Waals surface area contributed by atoms with Crippen LogP contribution in [0.2, 0.25) is 0 Å². The minimum absolute atomic E-state index is 0.00211. The highest BCUT2D eigenvalue weighted by Gasteiger charge is 2.24. The number of carbonyl (C=O) groups is 1. The first kappa shape index (κ1) is 64.4. The molecular weight excluding hydrogens is 864 g/mol. The first-order chi connectivity index (χ1) is 33.0. The van der Waals surface area contributed by atoms with Crippen LogP contribution in [0.25, 0.3) is 0 Å². The van der Waals surface area contributed by atoms with Crippen LogP contribution in [0.4, 0.5) is 0 Å². The van der Waals surface area contributed by atoms with Crippen molar-refractivity contribution in [3.63, 3.8) is 0 Å². The molecular formula is C59H97N2O6P. The molecule has 0 radical (unpaired) electrons. The molecule has 68 heavy (non-hydrogen) atoms. The molecule has 0 saturated carbocycles. The SMILES string of the molecule is CC/C=C\C/C=C\C/C=C\C/C=C\C/C=C\C/C=C\C/C=C\C/C=C\C/C=C\C/C=C\C/C=C\C/C=C\CCCCCCC(=O)NC(COP(=O)([O-])OCC[N+](C)(C)C)C(O)CCCCCCC. The molecule has 9 heteroatoms. The summed E-state index contributed by atoms with van der Waals surface area (Å²) in [6.07, 6.45) is 75.1. The Morgan fingerprint density at radius 1 is 0.529 bits per heavy atom. The molecule has 384 valence electrons. The number of aliphatic hydroxyl groups excluding tert-OH is 1. The van der Waals surface area contributed by atoms with Crippen LogP contribution in [0.1, 0.15) is 168 Å². The van der Waals surface area contributed by atoms with E-state index in [9.17, 15) is 19.4 Å². The van der Waals surface area contributed by atoms with Gasteiger partial charge in [0.25, 0.3) is 7.82 Å². The normalized spacial score (nSPS) is 15.2. The molecule has 0 aliphatic carbocycles. The molecule has 0 aromatic carbocycles. The van der Waals surface area contributed by atoms with E-state index in [2.05, 4.69) is 165 Å². The number of unbranched alkanes of at least 4 members (excludes halogenated alkanes) is 8. The average molecular weight is 961 g/mol.